The second-order valence-corrected chi connectivity index (χ2v) is 5.67. The lowest BCUT2D eigenvalue weighted by molar-refractivity contribution is 0.456. The monoisotopic (exact) mass is 294 g/mol. The largest absolute Gasteiger partial charge is 0.454 e. The SMILES string of the molecule is O=c1ncc(-c2cccc3c2Oc2ccccc2S3)c[nH]1. The molecule has 0 amide bonds. The molecule has 21 heavy (non-hydrogen) atoms. The molecule has 0 fully saturated rings. The smallest absolute Gasteiger partial charge is 0.344 e. The van der Waals surface area contributed by atoms with Gasteiger partial charge in [-0.3, -0.25) is 0 Å². The van der Waals surface area contributed by atoms with Gasteiger partial charge in [0.25, 0.3) is 0 Å². The number of H-pyrrole nitrogens is 1. The fourth-order valence-electron chi connectivity index (χ4n) is 2.27. The van der Waals surface area contributed by atoms with E-state index in [9.17, 15) is 4.79 Å². The fraction of sp³-hybridized carbons (Fsp3) is 0. The van der Waals surface area contributed by atoms with Crippen LogP contribution in [-0.2, 0) is 0 Å². The molecule has 0 saturated carbocycles. The third-order valence-electron chi connectivity index (χ3n) is 3.24. The van der Waals surface area contributed by atoms with Crippen molar-refractivity contribution in [2.24, 2.45) is 0 Å². The molecule has 3 aromatic rings. The summed E-state index contributed by atoms with van der Waals surface area (Å²) in [5.41, 5.74) is 1.38. The normalized spacial score (nSPS) is 12.2. The summed E-state index contributed by atoms with van der Waals surface area (Å²) in [5, 5.41) is 0. The van der Waals surface area contributed by atoms with Gasteiger partial charge in [-0.1, -0.05) is 36.0 Å². The van der Waals surface area contributed by atoms with Gasteiger partial charge in [-0.15, -0.1) is 0 Å². The molecule has 0 bridgehead atoms. The van der Waals surface area contributed by atoms with E-state index in [0.717, 1.165) is 32.4 Å². The zero-order chi connectivity index (χ0) is 14.2. The van der Waals surface area contributed by atoms with Crippen molar-refractivity contribution in [3.63, 3.8) is 0 Å². The lowest BCUT2D eigenvalue weighted by Gasteiger charge is -2.21. The van der Waals surface area contributed by atoms with Crippen molar-refractivity contribution in [3.8, 4) is 22.6 Å². The number of ether oxygens (including phenoxy) is 1. The van der Waals surface area contributed by atoms with Gasteiger partial charge in [-0.25, -0.2) is 9.78 Å². The number of nitrogens with zero attached hydrogens (tertiary/aromatic N) is 1. The van der Waals surface area contributed by atoms with E-state index in [1.54, 1.807) is 24.2 Å². The number of para-hydroxylation sites is 2. The molecule has 0 unspecified atom stereocenters. The van der Waals surface area contributed by atoms with Crippen molar-refractivity contribution in [1.29, 1.82) is 0 Å². The molecule has 102 valence electrons. The Balaban J connectivity index is 1.86. The Morgan fingerprint density at radius 2 is 1.90 bits per heavy atom. The summed E-state index contributed by atoms with van der Waals surface area (Å²) in [5.74, 6) is 1.65. The lowest BCUT2D eigenvalue weighted by atomic mass is 10.1. The first-order valence-electron chi connectivity index (χ1n) is 6.44. The van der Waals surface area contributed by atoms with Gasteiger partial charge in [0.1, 0.15) is 11.5 Å². The fourth-order valence-corrected chi connectivity index (χ4v) is 3.25. The molecule has 0 atom stereocenters. The second kappa shape index (κ2) is 4.79. The maximum atomic E-state index is 11.1. The predicted molar refractivity (Wildman–Crippen MR) is 80.9 cm³/mol. The van der Waals surface area contributed by atoms with Crippen LogP contribution in [0.4, 0.5) is 0 Å². The minimum atomic E-state index is -0.357. The molecule has 4 nitrogen and oxygen atoms in total. The summed E-state index contributed by atoms with van der Waals surface area (Å²) in [6, 6.07) is 13.9. The maximum Gasteiger partial charge on any atom is 0.344 e. The molecule has 0 saturated heterocycles. The summed E-state index contributed by atoms with van der Waals surface area (Å²) in [6.07, 6.45) is 3.21. The van der Waals surface area contributed by atoms with Crippen LogP contribution in [0.15, 0.2) is 69.4 Å². The second-order valence-electron chi connectivity index (χ2n) is 4.59. The number of aromatic nitrogens is 2. The Morgan fingerprint density at radius 1 is 1.05 bits per heavy atom. The van der Waals surface area contributed by atoms with Crippen LogP contribution in [0.1, 0.15) is 0 Å². The predicted octanol–water partition coefficient (Wildman–Crippen LogP) is 3.69. The number of rotatable bonds is 1. The molecule has 1 aliphatic rings. The Morgan fingerprint density at radius 3 is 2.76 bits per heavy atom. The highest BCUT2D eigenvalue weighted by Gasteiger charge is 2.20. The third-order valence-corrected chi connectivity index (χ3v) is 4.34. The molecular weight excluding hydrogens is 284 g/mol. The first kappa shape index (κ1) is 12.2. The van der Waals surface area contributed by atoms with E-state index in [4.69, 9.17) is 4.74 Å². The van der Waals surface area contributed by atoms with Gasteiger partial charge >= 0.3 is 5.69 Å². The van der Waals surface area contributed by atoms with E-state index < -0.39 is 0 Å². The topological polar surface area (TPSA) is 55.0 Å². The zero-order valence-electron chi connectivity index (χ0n) is 10.9. The van der Waals surface area contributed by atoms with Crippen LogP contribution in [-0.4, -0.2) is 9.97 Å². The van der Waals surface area contributed by atoms with Crippen molar-refractivity contribution < 1.29 is 4.74 Å². The molecule has 4 rings (SSSR count). The number of aromatic amines is 1. The van der Waals surface area contributed by atoms with Gasteiger partial charge in [0, 0.05) is 23.5 Å². The van der Waals surface area contributed by atoms with Crippen LogP contribution in [0.25, 0.3) is 11.1 Å². The van der Waals surface area contributed by atoms with Gasteiger partial charge in [-0.05, 0) is 18.2 Å². The van der Waals surface area contributed by atoms with Gasteiger partial charge in [0.05, 0.1) is 9.79 Å². The zero-order valence-corrected chi connectivity index (χ0v) is 11.7. The molecule has 1 N–H and O–H groups in total. The van der Waals surface area contributed by atoms with Gasteiger partial charge in [0.15, 0.2) is 0 Å². The quantitative estimate of drug-likeness (QED) is 0.581. The molecule has 1 aromatic heterocycles. The average Bonchev–Trinajstić information content (AvgIpc) is 2.53. The Kier molecular flexibility index (Phi) is 2.79. The summed E-state index contributed by atoms with van der Waals surface area (Å²) in [7, 11) is 0. The first-order chi connectivity index (χ1) is 10.3. The van der Waals surface area contributed by atoms with Crippen LogP contribution in [0.5, 0.6) is 11.5 Å². The molecule has 0 radical (unpaired) electrons. The standard InChI is InChI=1S/C16H10N2O2S/c19-16-17-8-10(9-18-16)11-4-3-7-14-15(11)20-12-5-1-2-6-13(12)21-14/h1-9H,(H,17,18,19). The minimum absolute atomic E-state index is 0.357. The van der Waals surface area contributed by atoms with Crippen LogP contribution >= 0.6 is 11.8 Å². The lowest BCUT2D eigenvalue weighted by Crippen LogP contribution is -2.08. The van der Waals surface area contributed by atoms with E-state index in [2.05, 4.69) is 9.97 Å². The molecule has 2 heterocycles. The number of nitrogens with one attached hydrogen (secondary N) is 1. The van der Waals surface area contributed by atoms with Crippen LogP contribution < -0.4 is 10.4 Å². The third kappa shape index (κ3) is 2.11. The summed E-state index contributed by atoms with van der Waals surface area (Å²) < 4.78 is 6.05. The minimum Gasteiger partial charge on any atom is -0.454 e. The number of benzene rings is 2. The van der Waals surface area contributed by atoms with E-state index in [-0.39, 0.29) is 5.69 Å². The van der Waals surface area contributed by atoms with E-state index in [1.807, 2.05) is 42.5 Å². The molecule has 5 heteroatoms. The van der Waals surface area contributed by atoms with Crippen LogP contribution in [0, 0.1) is 0 Å². The number of hydrogen-bond donors (Lipinski definition) is 1. The number of hydrogen-bond acceptors (Lipinski definition) is 4. The van der Waals surface area contributed by atoms with Crippen molar-refractivity contribution >= 4 is 11.8 Å². The Hall–Kier alpha value is -2.53. The molecular formula is C16H10N2O2S. The molecule has 0 aliphatic carbocycles. The Labute approximate surface area is 124 Å². The number of fused-ring (bicyclic) bond motifs is 2. The highest BCUT2D eigenvalue weighted by molar-refractivity contribution is 7.99. The summed E-state index contributed by atoms with van der Waals surface area (Å²) in [6.45, 7) is 0. The Bertz CT molecular complexity index is 869. The van der Waals surface area contributed by atoms with Gasteiger partial charge in [-0.2, -0.15) is 0 Å². The average molecular weight is 294 g/mol. The summed E-state index contributed by atoms with van der Waals surface area (Å²) >= 11 is 1.68. The summed E-state index contributed by atoms with van der Waals surface area (Å²) in [4.78, 5) is 19.6. The van der Waals surface area contributed by atoms with Crippen molar-refractivity contribution in [2.75, 3.05) is 0 Å². The van der Waals surface area contributed by atoms with E-state index >= 15 is 0 Å². The van der Waals surface area contributed by atoms with Crippen molar-refractivity contribution in [1.82, 2.24) is 9.97 Å². The molecule has 1 aliphatic heterocycles. The van der Waals surface area contributed by atoms with Gasteiger partial charge < -0.3 is 9.72 Å². The van der Waals surface area contributed by atoms with Crippen molar-refractivity contribution in [3.05, 3.63) is 65.3 Å². The highest BCUT2D eigenvalue weighted by atomic mass is 32.2. The molecule has 0 spiro atoms. The molecule has 2 aromatic carbocycles. The van der Waals surface area contributed by atoms with Crippen LogP contribution in [0.3, 0.4) is 0 Å². The van der Waals surface area contributed by atoms with Gasteiger partial charge in [0.2, 0.25) is 0 Å². The van der Waals surface area contributed by atoms with E-state index in [1.165, 1.54) is 0 Å². The first-order valence-corrected chi connectivity index (χ1v) is 7.26. The maximum absolute atomic E-state index is 11.1. The van der Waals surface area contributed by atoms with E-state index in [0.29, 0.717) is 0 Å². The van der Waals surface area contributed by atoms with Crippen molar-refractivity contribution in [2.45, 2.75) is 9.79 Å². The highest BCUT2D eigenvalue weighted by Crippen LogP contribution is 2.50. The van der Waals surface area contributed by atoms with Crippen LogP contribution in [0.2, 0.25) is 0 Å².